The Bertz CT molecular complexity index is 536. The molecule has 0 bridgehead atoms. The molecule has 0 saturated carbocycles. The normalized spacial score (nSPS) is 19.5. The van der Waals surface area contributed by atoms with Crippen molar-refractivity contribution in [3.63, 3.8) is 0 Å². The molecule has 1 fully saturated rings. The van der Waals surface area contributed by atoms with E-state index < -0.39 is 0 Å². The summed E-state index contributed by atoms with van der Waals surface area (Å²) < 4.78 is 0. The van der Waals surface area contributed by atoms with Crippen LogP contribution in [-0.2, 0) is 0 Å². The molecule has 0 aromatic heterocycles. The van der Waals surface area contributed by atoms with Gasteiger partial charge in [0.1, 0.15) is 0 Å². The molecule has 0 amide bonds. The first-order valence-electron chi connectivity index (χ1n) is 6.92. The minimum absolute atomic E-state index is 0.565. The Balaban J connectivity index is 1.86. The zero-order valence-electron chi connectivity index (χ0n) is 11.3. The van der Waals surface area contributed by atoms with Crippen molar-refractivity contribution >= 4 is 5.69 Å². The van der Waals surface area contributed by atoms with Crippen LogP contribution in [0.1, 0.15) is 6.42 Å². The fourth-order valence-corrected chi connectivity index (χ4v) is 2.75. The number of anilines is 1. The maximum atomic E-state index is 3.70. The minimum Gasteiger partial charge on any atom is -0.380 e. The lowest BCUT2D eigenvalue weighted by Crippen LogP contribution is -2.23. The van der Waals surface area contributed by atoms with E-state index in [1.165, 1.54) is 29.8 Å². The monoisotopic (exact) mass is 252 g/mol. The third-order valence-electron chi connectivity index (χ3n) is 3.76. The summed E-state index contributed by atoms with van der Waals surface area (Å²) in [4.78, 5) is 2.38. The van der Waals surface area contributed by atoms with E-state index in [0.717, 1.165) is 6.54 Å². The predicted molar refractivity (Wildman–Crippen MR) is 81.4 cm³/mol. The molecule has 1 unspecified atom stereocenters. The summed E-state index contributed by atoms with van der Waals surface area (Å²) in [5.74, 6) is 0. The Kier molecular flexibility index (Phi) is 3.51. The zero-order chi connectivity index (χ0) is 13.1. The van der Waals surface area contributed by atoms with E-state index in [9.17, 15) is 0 Å². The molecular formula is C17H20N2. The van der Waals surface area contributed by atoms with Crippen molar-refractivity contribution in [2.24, 2.45) is 0 Å². The van der Waals surface area contributed by atoms with Crippen LogP contribution in [0.2, 0.25) is 0 Å². The van der Waals surface area contributed by atoms with Crippen molar-refractivity contribution in [2.45, 2.75) is 12.5 Å². The largest absolute Gasteiger partial charge is 0.380 e. The van der Waals surface area contributed by atoms with Gasteiger partial charge in [0.2, 0.25) is 0 Å². The van der Waals surface area contributed by atoms with E-state index >= 15 is 0 Å². The molecule has 2 aromatic carbocycles. The van der Waals surface area contributed by atoms with Crippen molar-refractivity contribution in [2.75, 3.05) is 25.5 Å². The molecule has 0 aliphatic carbocycles. The van der Waals surface area contributed by atoms with Gasteiger partial charge in [-0.15, -0.1) is 0 Å². The van der Waals surface area contributed by atoms with Gasteiger partial charge in [-0.2, -0.15) is 0 Å². The molecule has 0 spiro atoms. The van der Waals surface area contributed by atoms with Crippen molar-refractivity contribution in [3.05, 3.63) is 54.6 Å². The van der Waals surface area contributed by atoms with Gasteiger partial charge in [-0.1, -0.05) is 48.5 Å². The standard InChI is InChI=1S/C17H20N2/c1-19-12-11-15(13-19)18-17-10-6-5-9-16(17)14-7-3-2-4-8-14/h2-10,15,18H,11-13H2,1H3. The number of para-hydroxylation sites is 1. The molecule has 2 aromatic rings. The van der Waals surface area contributed by atoms with Gasteiger partial charge in [0.05, 0.1) is 0 Å². The highest BCUT2D eigenvalue weighted by molar-refractivity contribution is 5.77. The van der Waals surface area contributed by atoms with Gasteiger partial charge < -0.3 is 10.2 Å². The number of likely N-dealkylation sites (N-methyl/N-ethyl adjacent to an activating group) is 1. The van der Waals surface area contributed by atoms with Gasteiger partial charge in [0.25, 0.3) is 0 Å². The van der Waals surface area contributed by atoms with Crippen molar-refractivity contribution in [1.82, 2.24) is 4.90 Å². The summed E-state index contributed by atoms with van der Waals surface area (Å²) in [6.45, 7) is 2.31. The number of likely N-dealkylation sites (tertiary alicyclic amines) is 1. The number of nitrogens with one attached hydrogen (secondary N) is 1. The number of nitrogens with zero attached hydrogens (tertiary/aromatic N) is 1. The molecule has 0 radical (unpaired) electrons. The average Bonchev–Trinajstić information content (AvgIpc) is 2.86. The summed E-state index contributed by atoms with van der Waals surface area (Å²) in [5.41, 5.74) is 3.81. The van der Waals surface area contributed by atoms with Crippen LogP contribution < -0.4 is 5.32 Å². The minimum atomic E-state index is 0.565. The summed E-state index contributed by atoms with van der Waals surface area (Å²) in [7, 11) is 2.19. The van der Waals surface area contributed by atoms with Crippen LogP contribution in [-0.4, -0.2) is 31.1 Å². The Morgan fingerprint density at radius 1 is 1.00 bits per heavy atom. The van der Waals surface area contributed by atoms with E-state index in [0.29, 0.717) is 6.04 Å². The Morgan fingerprint density at radius 3 is 2.47 bits per heavy atom. The van der Waals surface area contributed by atoms with E-state index in [2.05, 4.69) is 71.9 Å². The molecular weight excluding hydrogens is 232 g/mol. The second kappa shape index (κ2) is 5.45. The molecule has 2 nitrogen and oxygen atoms in total. The number of hydrogen-bond acceptors (Lipinski definition) is 2. The van der Waals surface area contributed by atoms with Crippen LogP contribution in [0.3, 0.4) is 0 Å². The van der Waals surface area contributed by atoms with Crippen LogP contribution in [0.25, 0.3) is 11.1 Å². The molecule has 2 heteroatoms. The average molecular weight is 252 g/mol. The van der Waals surface area contributed by atoms with Gasteiger partial charge in [-0.25, -0.2) is 0 Å². The van der Waals surface area contributed by atoms with Crippen molar-refractivity contribution in [1.29, 1.82) is 0 Å². The Hall–Kier alpha value is -1.80. The quantitative estimate of drug-likeness (QED) is 0.900. The lowest BCUT2D eigenvalue weighted by Gasteiger charge is -2.17. The highest BCUT2D eigenvalue weighted by Crippen LogP contribution is 2.28. The SMILES string of the molecule is CN1CCC(Nc2ccccc2-c2ccccc2)C1. The Morgan fingerprint density at radius 2 is 1.74 bits per heavy atom. The molecule has 19 heavy (non-hydrogen) atoms. The lowest BCUT2D eigenvalue weighted by molar-refractivity contribution is 0.414. The van der Waals surface area contributed by atoms with E-state index in [-0.39, 0.29) is 0 Å². The fourth-order valence-electron chi connectivity index (χ4n) is 2.75. The summed E-state index contributed by atoms with van der Waals surface area (Å²) in [5, 5.41) is 3.70. The summed E-state index contributed by atoms with van der Waals surface area (Å²) in [6.07, 6.45) is 1.22. The highest BCUT2D eigenvalue weighted by Gasteiger charge is 2.19. The smallest absolute Gasteiger partial charge is 0.0422 e. The van der Waals surface area contributed by atoms with Gasteiger partial charge in [-0.05, 0) is 31.6 Å². The first-order chi connectivity index (χ1) is 9.33. The maximum absolute atomic E-state index is 3.70. The molecule has 3 rings (SSSR count). The maximum Gasteiger partial charge on any atom is 0.0422 e. The number of hydrogen-bond donors (Lipinski definition) is 1. The second-order valence-corrected chi connectivity index (χ2v) is 5.30. The second-order valence-electron chi connectivity index (χ2n) is 5.30. The van der Waals surface area contributed by atoms with Crippen LogP contribution in [0.15, 0.2) is 54.6 Å². The van der Waals surface area contributed by atoms with E-state index in [1.54, 1.807) is 0 Å². The van der Waals surface area contributed by atoms with Crippen LogP contribution >= 0.6 is 0 Å². The first kappa shape index (κ1) is 12.2. The highest BCUT2D eigenvalue weighted by atomic mass is 15.2. The van der Waals surface area contributed by atoms with Gasteiger partial charge in [0.15, 0.2) is 0 Å². The topological polar surface area (TPSA) is 15.3 Å². The van der Waals surface area contributed by atoms with Gasteiger partial charge in [0, 0.05) is 23.8 Å². The Labute approximate surface area is 115 Å². The molecule has 1 aliphatic heterocycles. The molecule has 1 saturated heterocycles. The molecule has 1 aliphatic rings. The number of rotatable bonds is 3. The fraction of sp³-hybridized carbons (Fsp3) is 0.294. The van der Waals surface area contributed by atoms with Crippen molar-refractivity contribution < 1.29 is 0 Å². The molecule has 1 heterocycles. The first-order valence-corrected chi connectivity index (χ1v) is 6.92. The molecule has 1 N–H and O–H groups in total. The van der Waals surface area contributed by atoms with Crippen molar-refractivity contribution in [3.8, 4) is 11.1 Å². The van der Waals surface area contributed by atoms with Gasteiger partial charge in [-0.3, -0.25) is 0 Å². The lowest BCUT2D eigenvalue weighted by atomic mass is 10.0. The third-order valence-corrected chi connectivity index (χ3v) is 3.76. The number of benzene rings is 2. The third kappa shape index (κ3) is 2.79. The molecule has 1 atom stereocenters. The summed E-state index contributed by atoms with van der Waals surface area (Å²) in [6, 6.07) is 19.7. The summed E-state index contributed by atoms with van der Waals surface area (Å²) >= 11 is 0. The zero-order valence-corrected chi connectivity index (χ0v) is 11.3. The van der Waals surface area contributed by atoms with Crippen LogP contribution in [0.4, 0.5) is 5.69 Å². The van der Waals surface area contributed by atoms with Crippen LogP contribution in [0.5, 0.6) is 0 Å². The van der Waals surface area contributed by atoms with E-state index in [1.807, 2.05) is 0 Å². The van der Waals surface area contributed by atoms with E-state index in [4.69, 9.17) is 0 Å². The van der Waals surface area contributed by atoms with Gasteiger partial charge >= 0.3 is 0 Å². The molecule has 98 valence electrons. The van der Waals surface area contributed by atoms with Crippen LogP contribution in [0, 0.1) is 0 Å². The predicted octanol–water partition coefficient (Wildman–Crippen LogP) is 3.47.